The summed E-state index contributed by atoms with van der Waals surface area (Å²) in [5.74, 6) is 0.211. The number of ether oxygens (including phenoxy) is 1. The van der Waals surface area contributed by atoms with E-state index in [4.69, 9.17) is 9.29 Å². The van der Waals surface area contributed by atoms with Gasteiger partial charge in [-0.25, -0.2) is 9.00 Å². The molecule has 1 unspecified atom stereocenters. The highest BCUT2D eigenvalue weighted by molar-refractivity contribution is 7.79. The van der Waals surface area contributed by atoms with E-state index in [1.54, 1.807) is 20.8 Å². The first-order chi connectivity index (χ1) is 7.52. The van der Waals surface area contributed by atoms with Crippen LogP contribution in [-0.2, 0) is 15.8 Å². The summed E-state index contributed by atoms with van der Waals surface area (Å²) in [5, 5.41) is 2.66. The molecule has 1 amide bonds. The van der Waals surface area contributed by atoms with Crippen LogP contribution in [0, 0.1) is 5.41 Å². The predicted molar refractivity (Wildman–Crippen MR) is 68.3 cm³/mol. The van der Waals surface area contributed by atoms with E-state index in [0.717, 1.165) is 0 Å². The van der Waals surface area contributed by atoms with Crippen molar-refractivity contribution in [3.8, 4) is 0 Å². The summed E-state index contributed by atoms with van der Waals surface area (Å²) in [4.78, 5) is 11.4. The molecule has 0 rings (SSSR count). The van der Waals surface area contributed by atoms with Gasteiger partial charge in [-0.1, -0.05) is 13.8 Å². The van der Waals surface area contributed by atoms with Crippen LogP contribution in [0.1, 0.15) is 41.0 Å². The van der Waals surface area contributed by atoms with Crippen molar-refractivity contribution in [3.05, 3.63) is 0 Å². The fourth-order valence-corrected chi connectivity index (χ4v) is 1.80. The summed E-state index contributed by atoms with van der Waals surface area (Å²) >= 11 is -1.79. The number of carbonyl (C=O) groups is 1. The first-order valence-corrected chi connectivity index (χ1v) is 6.84. The minimum atomic E-state index is -1.79. The molecule has 0 heterocycles. The molecular formula is C11H23NO4S. The third-order valence-corrected chi connectivity index (χ3v) is 2.62. The van der Waals surface area contributed by atoms with Gasteiger partial charge in [0.2, 0.25) is 0 Å². The number of amides is 1. The molecule has 0 spiro atoms. The molecule has 6 heteroatoms. The molecule has 0 aromatic rings. The minimum Gasteiger partial charge on any atom is -0.444 e. The topological polar surface area (TPSA) is 75.6 Å². The Bertz CT molecular complexity index is 284. The van der Waals surface area contributed by atoms with Crippen molar-refractivity contribution >= 4 is 17.2 Å². The molecule has 0 bridgehead atoms. The van der Waals surface area contributed by atoms with Crippen LogP contribution in [-0.4, -0.2) is 32.8 Å². The maximum atomic E-state index is 11.4. The third kappa shape index (κ3) is 10.3. The Morgan fingerprint density at radius 3 is 2.24 bits per heavy atom. The van der Waals surface area contributed by atoms with Crippen LogP contribution < -0.4 is 5.32 Å². The predicted octanol–water partition coefficient (Wildman–Crippen LogP) is 2.15. The molecule has 0 aromatic heterocycles. The number of carbonyl (C=O) groups excluding carboxylic acids is 1. The highest BCUT2D eigenvalue weighted by Gasteiger charge is 2.22. The molecule has 0 aliphatic carbocycles. The van der Waals surface area contributed by atoms with Gasteiger partial charge in [0, 0.05) is 12.3 Å². The van der Waals surface area contributed by atoms with E-state index >= 15 is 0 Å². The molecule has 102 valence electrons. The summed E-state index contributed by atoms with van der Waals surface area (Å²) in [5.41, 5.74) is -0.740. The summed E-state index contributed by atoms with van der Waals surface area (Å²) in [6.45, 7) is 9.67. The Kier molecular flexibility index (Phi) is 6.12. The zero-order valence-electron chi connectivity index (χ0n) is 11.2. The first kappa shape index (κ1) is 16.4. The van der Waals surface area contributed by atoms with Gasteiger partial charge in [0.1, 0.15) is 5.60 Å². The molecule has 5 nitrogen and oxygen atoms in total. The summed E-state index contributed by atoms with van der Waals surface area (Å²) in [6.07, 6.45) is 0.0991. The normalized spacial score (nSPS) is 14.2. The van der Waals surface area contributed by atoms with Crippen molar-refractivity contribution in [3.63, 3.8) is 0 Å². The van der Waals surface area contributed by atoms with Gasteiger partial charge in [-0.15, -0.1) is 0 Å². The summed E-state index contributed by atoms with van der Waals surface area (Å²) in [7, 11) is 0. The maximum absolute atomic E-state index is 11.4. The average molecular weight is 265 g/mol. The zero-order valence-corrected chi connectivity index (χ0v) is 12.0. The summed E-state index contributed by atoms with van der Waals surface area (Å²) < 4.78 is 24.4. The lowest BCUT2D eigenvalue weighted by molar-refractivity contribution is 0.0506. The van der Waals surface area contributed by atoms with E-state index in [-0.39, 0.29) is 11.2 Å². The van der Waals surface area contributed by atoms with E-state index < -0.39 is 22.8 Å². The Balaban J connectivity index is 4.00. The number of nitrogens with one attached hydrogen (secondary N) is 1. The van der Waals surface area contributed by atoms with Gasteiger partial charge < -0.3 is 14.6 Å². The van der Waals surface area contributed by atoms with Gasteiger partial charge in [-0.05, 0) is 32.6 Å². The van der Waals surface area contributed by atoms with Gasteiger partial charge in [-0.2, -0.15) is 0 Å². The third-order valence-electron chi connectivity index (χ3n) is 2.06. The Morgan fingerprint density at radius 2 is 1.82 bits per heavy atom. The SMILES string of the molecule is CC(C)(CCS(=O)O)CNC(=O)OC(C)(C)C. The molecule has 0 saturated heterocycles. The van der Waals surface area contributed by atoms with Crippen LogP contribution in [0.15, 0.2) is 0 Å². The monoisotopic (exact) mass is 265 g/mol. The lowest BCUT2D eigenvalue weighted by atomic mass is 9.90. The van der Waals surface area contributed by atoms with Gasteiger partial charge >= 0.3 is 6.09 Å². The van der Waals surface area contributed by atoms with Crippen LogP contribution in [0.2, 0.25) is 0 Å². The molecule has 0 saturated carbocycles. The highest BCUT2D eigenvalue weighted by atomic mass is 32.2. The molecule has 0 aromatic carbocycles. The van der Waals surface area contributed by atoms with Crippen LogP contribution >= 0.6 is 0 Å². The van der Waals surface area contributed by atoms with Crippen LogP contribution in [0.25, 0.3) is 0 Å². The Morgan fingerprint density at radius 1 is 1.29 bits per heavy atom. The van der Waals surface area contributed by atoms with Gasteiger partial charge in [0.15, 0.2) is 11.1 Å². The molecule has 2 N–H and O–H groups in total. The molecule has 0 radical (unpaired) electrons. The fraction of sp³-hybridized carbons (Fsp3) is 0.909. The van der Waals surface area contributed by atoms with Gasteiger partial charge in [0.05, 0.1) is 0 Å². The summed E-state index contributed by atoms with van der Waals surface area (Å²) in [6, 6.07) is 0. The van der Waals surface area contributed by atoms with Gasteiger partial charge in [0.25, 0.3) is 0 Å². The minimum absolute atomic E-state index is 0.211. The molecular weight excluding hydrogens is 242 g/mol. The fourth-order valence-electron chi connectivity index (χ4n) is 1.08. The second-order valence-corrected chi connectivity index (χ2v) is 6.85. The Hall–Kier alpha value is -0.620. The van der Waals surface area contributed by atoms with E-state index in [0.29, 0.717) is 13.0 Å². The number of hydrogen-bond acceptors (Lipinski definition) is 3. The van der Waals surface area contributed by atoms with E-state index in [1.807, 2.05) is 13.8 Å². The van der Waals surface area contributed by atoms with Crippen molar-refractivity contribution in [2.75, 3.05) is 12.3 Å². The Labute approximate surface area is 106 Å². The standard InChI is InChI=1S/C11H23NO4S/c1-10(2,3)16-9(13)12-8-11(4,5)6-7-17(14)15/h6-8H2,1-5H3,(H,12,13)(H,14,15). The largest absolute Gasteiger partial charge is 0.444 e. The first-order valence-electron chi connectivity index (χ1n) is 5.56. The quantitative estimate of drug-likeness (QED) is 0.747. The second kappa shape index (κ2) is 6.35. The van der Waals surface area contributed by atoms with Crippen LogP contribution in [0.4, 0.5) is 4.79 Å². The molecule has 0 aliphatic heterocycles. The molecule has 17 heavy (non-hydrogen) atoms. The number of hydrogen-bond donors (Lipinski definition) is 2. The highest BCUT2D eigenvalue weighted by Crippen LogP contribution is 2.19. The lowest BCUT2D eigenvalue weighted by Gasteiger charge is -2.26. The number of rotatable bonds is 5. The van der Waals surface area contributed by atoms with Crippen LogP contribution in [0.3, 0.4) is 0 Å². The smallest absolute Gasteiger partial charge is 0.407 e. The van der Waals surface area contributed by atoms with Crippen molar-refractivity contribution in [2.24, 2.45) is 5.41 Å². The van der Waals surface area contributed by atoms with Crippen molar-refractivity contribution < 1.29 is 18.3 Å². The van der Waals surface area contributed by atoms with E-state index in [2.05, 4.69) is 5.32 Å². The van der Waals surface area contributed by atoms with Crippen molar-refractivity contribution in [1.29, 1.82) is 0 Å². The molecule has 0 fully saturated rings. The van der Waals surface area contributed by atoms with E-state index in [9.17, 15) is 9.00 Å². The van der Waals surface area contributed by atoms with Crippen molar-refractivity contribution in [2.45, 2.75) is 46.6 Å². The molecule has 1 atom stereocenters. The maximum Gasteiger partial charge on any atom is 0.407 e. The van der Waals surface area contributed by atoms with E-state index in [1.165, 1.54) is 0 Å². The lowest BCUT2D eigenvalue weighted by Crippen LogP contribution is -2.38. The van der Waals surface area contributed by atoms with Crippen molar-refractivity contribution in [1.82, 2.24) is 5.32 Å². The average Bonchev–Trinajstić information content (AvgIpc) is 2.09. The molecule has 0 aliphatic rings. The van der Waals surface area contributed by atoms with Gasteiger partial charge in [-0.3, -0.25) is 0 Å². The van der Waals surface area contributed by atoms with Crippen LogP contribution in [0.5, 0.6) is 0 Å². The second-order valence-electron chi connectivity index (χ2n) is 5.80. The number of alkyl carbamates (subject to hydrolysis) is 1. The zero-order chi connectivity index (χ0) is 13.7.